The van der Waals surface area contributed by atoms with Crippen molar-refractivity contribution in [1.82, 2.24) is 15.2 Å². The van der Waals surface area contributed by atoms with Gasteiger partial charge in [0.2, 0.25) is 5.95 Å². The van der Waals surface area contributed by atoms with Crippen LogP contribution in [0.3, 0.4) is 0 Å². The Bertz CT molecular complexity index is 374. The Labute approximate surface area is 101 Å². The molecule has 0 bridgehead atoms. The molecule has 0 aromatic carbocycles. The summed E-state index contributed by atoms with van der Waals surface area (Å²) in [6.07, 6.45) is 4.20. The molecule has 1 aromatic heterocycles. The van der Waals surface area contributed by atoms with Crippen LogP contribution in [0, 0.1) is 0 Å². The van der Waals surface area contributed by atoms with Gasteiger partial charge in [0, 0.05) is 26.2 Å². The van der Waals surface area contributed by atoms with Gasteiger partial charge < -0.3 is 14.5 Å². The van der Waals surface area contributed by atoms with Gasteiger partial charge in [-0.1, -0.05) is 0 Å². The van der Waals surface area contributed by atoms with Crippen LogP contribution in [-0.4, -0.2) is 54.6 Å². The van der Waals surface area contributed by atoms with Gasteiger partial charge in [-0.2, -0.15) is 10.1 Å². The lowest BCUT2D eigenvalue weighted by atomic mass is 10.4. The molecule has 2 saturated heterocycles. The Morgan fingerprint density at radius 2 is 1.76 bits per heavy atom. The molecule has 3 heterocycles. The van der Waals surface area contributed by atoms with Crippen molar-refractivity contribution in [3.63, 3.8) is 0 Å². The van der Waals surface area contributed by atoms with E-state index in [4.69, 9.17) is 4.74 Å². The molecule has 0 radical (unpaired) electrons. The topological polar surface area (TPSA) is 54.4 Å². The smallest absolute Gasteiger partial charge is 0.247 e. The van der Waals surface area contributed by atoms with Crippen LogP contribution in [0.15, 0.2) is 6.20 Å². The van der Waals surface area contributed by atoms with Crippen LogP contribution in [-0.2, 0) is 4.74 Å². The van der Waals surface area contributed by atoms with Gasteiger partial charge in [-0.25, -0.2) is 0 Å². The van der Waals surface area contributed by atoms with Gasteiger partial charge in [0.05, 0.1) is 19.4 Å². The van der Waals surface area contributed by atoms with E-state index in [1.165, 1.54) is 12.8 Å². The molecule has 17 heavy (non-hydrogen) atoms. The fourth-order valence-electron chi connectivity index (χ4n) is 2.28. The van der Waals surface area contributed by atoms with Crippen LogP contribution >= 0.6 is 0 Å². The van der Waals surface area contributed by atoms with Gasteiger partial charge in [-0.05, 0) is 12.8 Å². The number of aromatic nitrogens is 3. The number of hydrogen-bond donors (Lipinski definition) is 0. The third-order valence-corrected chi connectivity index (χ3v) is 3.26. The molecule has 0 N–H and O–H groups in total. The number of anilines is 2. The monoisotopic (exact) mass is 235 g/mol. The molecule has 2 aliphatic rings. The maximum atomic E-state index is 5.34. The predicted molar refractivity (Wildman–Crippen MR) is 64.3 cm³/mol. The summed E-state index contributed by atoms with van der Waals surface area (Å²) >= 11 is 0. The van der Waals surface area contributed by atoms with Crippen LogP contribution in [0.2, 0.25) is 0 Å². The lowest BCUT2D eigenvalue weighted by molar-refractivity contribution is 0.122. The van der Waals surface area contributed by atoms with E-state index in [1.807, 2.05) is 0 Å². The first-order chi connectivity index (χ1) is 8.43. The second kappa shape index (κ2) is 4.83. The van der Waals surface area contributed by atoms with Crippen molar-refractivity contribution < 1.29 is 4.74 Å². The van der Waals surface area contributed by atoms with E-state index in [0.29, 0.717) is 0 Å². The number of hydrogen-bond acceptors (Lipinski definition) is 6. The molecular formula is C11H17N5O. The minimum Gasteiger partial charge on any atom is -0.378 e. The lowest BCUT2D eigenvalue weighted by Crippen LogP contribution is -2.37. The highest BCUT2D eigenvalue weighted by Crippen LogP contribution is 2.18. The summed E-state index contributed by atoms with van der Waals surface area (Å²) in [5, 5.41) is 8.19. The van der Waals surface area contributed by atoms with Gasteiger partial charge >= 0.3 is 0 Å². The number of ether oxygens (including phenoxy) is 1. The lowest BCUT2D eigenvalue weighted by Gasteiger charge is -2.28. The molecule has 0 spiro atoms. The number of rotatable bonds is 2. The molecule has 0 atom stereocenters. The molecule has 3 rings (SSSR count). The van der Waals surface area contributed by atoms with Crippen molar-refractivity contribution in [1.29, 1.82) is 0 Å². The molecule has 6 nitrogen and oxygen atoms in total. The number of morpholine rings is 1. The average molecular weight is 235 g/mol. The van der Waals surface area contributed by atoms with Crippen molar-refractivity contribution in [3.8, 4) is 0 Å². The molecule has 2 fully saturated rings. The summed E-state index contributed by atoms with van der Waals surface area (Å²) in [5.41, 5.74) is 0. The highest BCUT2D eigenvalue weighted by molar-refractivity contribution is 5.42. The van der Waals surface area contributed by atoms with Crippen molar-refractivity contribution in [2.24, 2.45) is 0 Å². The van der Waals surface area contributed by atoms with Crippen molar-refractivity contribution in [3.05, 3.63) is 6.20 Å². The van der Waals surface area contributed by atoms with Gasteiger partial charge in [0.25, 0.3) is 0 Å². The first-order valence-corrected chi connectivity index (χ1v) is 6.21. The molecular weight excluding hydrogens is 218 g/mol. The maximum absolute atomic E-state index is 5.34. The van der Waals surface area contributed by atoms with E-state index in [0.717, 1.165) is 51.2 Å². The second-order valence-corrected chi connectivity index (χ2v) is 4.41. The molecule has 0 amide bonds. The third-order valence-electron chi connectivity index (χ3n) is 3.26. The van der Waals surface area contributed by atoms with Crippen molar-refractivity contribution in [2.45, 2.75) is 12.8 Å². The van der Waals surface area contributed by atoms with Gasteiger partial charge in [0.1, 0.15) is 0 Å². The minimum absolute atomic E-state index is 0.767. The average Bonchev–Trinajstić information content (AvgIpc) is 2.94. The molecule has 6 heteroatoms. The fourth-order valence-corrected chi connectivity index (χ4v) is 2.28. The summed E-state index contributed by atoms with van der Waals surface area (Å²) < 4.78 is 5.34. The summed E-state index contributed by atoms with van der Waals surface area (Å²) in [6, 6.07) is 0. The third kappa shape index (κ3) is 2.31. The molecule has 0 aliphatic carbocycles. The van der Waals surface area contributed by atoms with Gasteiger partial charge in [-0.3, -0.25) is 0 Å². The summed E-state index contributed by atoms with van der Waals surface area (Å²) in [7, 11) is 0. The van der Waals surface area contributed by atoms with Crippen LogP contribution in [0.4, 0.5) is 11.8 Å². The fraction of sp³-hybridized carbons (Fsp3) is 0.727. The minimum atomic E-state index is 0.767. The van der Waals surface area contributed by atoms with Crippen LogP contribution in [0.1, 0.15) is 12.8 Å². The predicted octanol–water partition coefficient (Wildman–Crippen LogP) is 0.308. The maximum Gasteiger partial charge on any atom is 0.247 e. The Morgan fingerprint density at radius 1 is 1.00 bits per heavy atom. The highest BCUT2D eigenvalue weighted by atomic mass is 16.5. The van der Waals surface area contributed by atoms with Gasteiger partial charge in [0.15, 0.2) is 5.82 Å². The van der Waals surface area contributed by atoms with Crippen LogP contribution in [0.25, 0.3) is 0 Å². The van der Waals surface area contributed by atoms with Crippen LogP contribution in [0.5, 0.6) is 0 Å². The zero-order chi connectivity index (χ0) is 11.5. The van der Waals surface area contributed by atoms with E-state index >= 15 is 0 Å². The molecule has 2 aliphatic heterocycles. The zero-order valence-electron chi connectivity index (χ0n) is 9.88. The standard InChI is InChI=1S/C11H17N5O/c1-2-4-16(3-1)11-13-10(9-12-14-11)15-5-7-17-8-6-15/h9H,1-8H2. The van der Waals surface area contributed by atoms with E-state index in [2.05, 4.69) is 25.0 Å². The van der Waals surface area contributed by atoms with Gasteiger partial charge in [-0.15, -0.1) is 5.10 Å². The highest BCUT2D eigenvalue weighted by Gasteiger charge is 2.18. The first kappa shape index (κ1) is 10.7. The summed E-state index contributed by atoms with van der Waals surface area (Å²) in [5.74, 6) is 1.69. The van der Waals surface area contributed by atoms with E-state index in [1.54, 1.807) is 6.20 Å². The summed E-state index contributed by atoms with van der Waals surface area (Å²) in [4.78, 5) is 9.01. The van der Waals surface area contributed by atoms with Crippen molar-refractivity contribution >= 4 is 11.8 Å². The molecule has 1 aromatic rings. The van der Waals surface area contributed by atoms with E-state index < -0.39 is 0 Å². The normalized spacial score (nSPS) is 20.9. The molecule has 0 unspecified atom stereocenters. The van der Waals surface area contributed by atoms with Crippen molar-refractivity contribution in [2.75, 3.05) is 49.2 Å². The first-order valence-electron chi connectivity index (χ1n) is 6.21. The number of nitrogens with zero attached hydrogens (tertiary/aromatic N) is 5. The Balaban J connectivity index is 1.77. The Hall–Kier alpha value is -1.43. The SMILES string of the molecule is c1nnc(N2CCCC2)nc1N1CCOCC1. The second-order valence-electron chi connectivity index (χ2n) is 4.41. The van der Waals surface area contributed by atoms with E-state index in [9.17, 15) is 0 Å². The van der Waals surface area contributed by atoms with Crippen LogP contribution < -0.4 is 9.80 Å². The van der Waals surface area contributed by atoms with E-state index in [-0.39, 0.29) is 0 Å². The molecule has 92 valence electrons. The Morgan fingerprint density at radius 3 is 2.53 bits per heavy atom. The Kier molecular flexibility index (Phi) is 3.04. The zero-order valence-corrected chi connectivity index (χ0v) is 9.88. The summed E-state index contributed by atoms with van der Waals surface area (Å²) in [6.45, 7) is 5.41. The largest absolute Gasteiger partial charge is 0.378 e. The quantitative estimate of drug-likeness (QED) is 0.735. The molecule has 0 saturated carbocycles.